The summed E-state index contributed by atoms with van der Waals surface area (Å²) < 4.78 is 5.06. The Morgan fingerprint density at radius 1 is 1.15 bits per heavy atom. The van der Waals surface area contributed by atoms with Crippen molar-refractivity contribution in [3.05, 3.63) is 40.9 Å². The third kappa shape index (κ3) is 0.731. The van der Waals surface area contributed by atoms with E-state index in [4.69, 9.17) is 4.42 Å². The van der Waals surface area contributed by atoms with Crippen LogP contribution in [0.25, 0.3) is 21.9 Å². The first-order chi connectivity index (χ1) is 6.36. The van der Waals surface area contributed by atoms with Gasteiger partial charge in [0.15, 0.2) is 5.58 Å². The summed E-state index contributed by atoms with van der Waals surface area (Å²) in [4.78, 5) is 15.5. The van der Waals surface area contributed by atoms with E-state index < -0.39 is 0 Å². The van der Waals surface area contributed by atoms with Gasteiger partial charge in [-0.15, -0.1) is 0 Å². The molecule has 0 saturated heterocycles. The molecule has 4 bridgehead atoms. The van der Waals surface area contributed by atoms with Crippen LogP contribution in [-0.2, 0) is 0 Å². The van der Waals surface area contributed by atoms with Crippen molar-refractivity contribution in [2.45, 2.75) is 0 Å². The molecule has 0 atom stereocenters. The third-order valence-electron chi connectivity index (χ3n) is 2.16. The second-order valence-electron chi connectivity index (χ2n) is 2.90. The maximum atomic E-state index is 11.4. The fourth-order valence-corrected chi connectivity index (χ4v) is 1.56. The predicted octanol–water partition coefficient (Wildman–Crippen LogP) is 1.78. The van der Waals surface area contributed by atoms with E-state index in [1.807, 2.05) is 12.1 Å². The number of para-hydroxylation sites is 1. The second kappa shape index (κ2) is 2.07. The lowest BCUT2D eigenvalue weighted by atomic mass is 10.1. The first-order valence-corrected chi connectivity index (χ1v) is 3.96. The maximum absolute atomic E-state index is 11.4. The smallest absolute Gasteiger partial charge is 0.344 e. The van der Waals surface area contributed by atoms with Crippen molar-refractivity contribution in [1.29, 1.82) is 0 Å². The van der Waals surface area contributed by atoms with Crippen LogP contribution in [0.1, 0.15) is 0 Å². The van der Waals surface area contributed by atoms with Crippen LogP contribution in [0.3, 0.4) is 0 Å². The van der Waals surface area contributed by atoms with Gasteiger partial charge in [0.25, 0.3) is 0 Å². The van der Waals surface area contributed by atoms with Gasteiger partial charge in [-0.3, -0.25) is 4.98 Å². The zero-order chi connectivity index (χ0) is 8.84. The van der Waals surface area contributed by atoms with Crippen molar-refractivity contribution in [2.24, 2.45) is 0 Å². The van der Waals surface area contributed by atoms with E-state index >= 15 is 0 Å². The lowest BCUT2D eigenvalue weighted by Crippen LogP contribution is -2.01. The molecular formula is C10H5NO2. The Labute approximate surface area is 73.0 Å². The number of benzene rings is 1. The molecule has 0 aliphatic heterocycles. The van der Waals surface area contributed by atoms with Crippen molar-refractivity contribution in [3.8, 4) is 0 Å². The van der Waals surface area contributed by atoms with Crippen molar-refractivity contribution in [3.63, 3.8) is 0 Å². The van der Waals surface area contributed by atoms with Gasteiger partial charge >= 0.3 is 5.63 Å². The molecule has 3 rings (SSSR count). The molecule has 0 spiro atoms. The minimum absolute atomic E-state index is 0.291. The lowest BCUT2D eigenvalue weighted by Gasteiger charge is -2.01. The molecule has 0 N–H and O–H groups in total. The Balaban J connectivity index is 2.86. The standard InChI is InChI=1S/C10H5NO2/c12-10-7-4-5-11-9-6(7)2-1-3-8(9)13-10/h1-5H. The van der Waals surface area contributed by atoms with Crippen LogP contribution >= 0.6 is 0 Å². The molecule has 0 amide bonds. The van der Waals surface area contributed by atoms with E-state index in [0.717, 1.165) is 10.9 Å². The molecule has 0 unspecified atom stereocenters. The fraction of sp³-hybridized carbons (Fsp3) is 0. The molecule has 0 saturated carbocycles. The molecule has 0 aliphatic carbocycles. The molecule has 3 nitrogen and oxygen atoms in total. The molecule has 13 heavy (non-hydrogen) atoms. The Morgan fingerprint density at radius 2 is 2.08 bits per heavy atom. The van der Waals surface area contributed by atoms with E-state index in [0.29, 0.717) is 11.0 Å². The summed E-state index contributed by atoms with van der Waals surface area (Å²) in [5, 5.41) is 1.47. The highest BCUT2D eigenvalue weighted by atomic mass is 16.4. The number of hydrogen-bond acceptors (Lipinski definition) is 3. The zero-order valence-electron chi connectivity index (χ0n) is 6.65. The average Bonchev–Trinajstić information content (AvgIpc) is 2.13. The minimum atomic E-state index is -0.291. The lowest BCUT2D eigenvalue weighted by molar-refractivity contribution is 0.568. The number of rotatable bonds is 0. The van der Waals surface area contributed by atoms with Crippen molar-refractivity contribution in [2.75, 3.05) is 0 Å². The Morgan fingerprint density at radius 3 is 3.00 bits per heavy atom. The molecule has 2 heterocycles. The normalized spacial score (nSPS) is 11.4. The minimum Gasteiger partial charge on any atom is -0.421 e. The second-order valence-corrected chi connectivity index (χ2v) is 2.90. The third-order valence-corrected chi connectivity index (χ3v) is 2.16. The van der Waals surface area contributed by atoms with Crippen LogP contribution in [0, 0.1) is 0 Å². The number of aromatic nitrogens is 1. The van der Waals surface area contributed by atoms with Gasteiger partial charge in [-0.25, -0.2) is 4.79 Å². The van der Waals surface area contributed by atoms with Crippen LogP contribution in [0.5, 0.6) is 0 Å². The van der Waals surface area contributed by atoms with Crippen LogP contribution in [0.15, 0.2) is 39.7 Å². The molecule has 0 fully saturated rings. The number of hydrogen-bond donors (Lipinski definition) is 0. The van der Waals surface area contributed by atoms with Gasteiger partial charge in [-0.2, -0.15) is 0 Å². The van der Waals surface area contributed by atoms with Crippen molar-refractivity contribution >= 4 is 21.9 Å². The molecule has 3 heteroatoms. The molecule has 0 aliphatic rings. The Kier molecular flexibility index (Phi) is 1.05. The molecule has 0 radical (unpaired) electrons. The Hall–Kier alpha value is -1.90. The molecule has 2 aromatic heterocycles. The molecule has 62 valence electrons. The summed E-state index contributed by atoms with van der Waals surface area (Å²) in [6, 6.07) is 7.15. The van der Waals surface area contributed by atoms with Crippen molar-refractivity contribution < 1.29 is 4.42 Å². The SMILES string of the molecule is O=c1oc2cccc3c1ccnc23. The number of pyridine rings is 1. The predicted molar refractivity (Wildman–Crippen MR) is 49.0 cm³/mol. The summed E-state index contributed by atoms with van der Waals surface area (Å²) in [5.41, 5.74) is 1.02. The summed E-state index contributed by atoms with van der Waals surface area (Å²) in [5.74, 6) is 0. The van der Waals surface area contributed by atoms with Gasteiger partial charge in [-0.1, -0.05) is 12.1 Å². The summed E-state index contributed by atoms with van der Waals surface area (Å²) in [6.45, 7) is 0. The van der Waals surface area contributed by atoms with Gasteiger partial charge in [0.05, 0.1) is 5.39 Å². The monoisotopic (exact) mass is 171 g/mol. The highest BCUT2D eigenvalue weighted by Crippen LogP contribution is 2.21. The molecular weight excluding hydrogens is 166 g/mol. The van der Waals surface area contributed by atoms with Gasteiger partial charge in [0.2, 0.25) is 0 Å². The highest BCUT2D eigenvalue weighted by molar-refractivity contribution is 6.02. The quantitative estimate of drug-likeness (QED) is 0.517. The summed E-state index contributed by atoms with van der Waals surface area (Å²) in [7, 11) is 0. The van der Waals surface area contributed by atoms with Crippen LogP contribution < -0.4 is 5.63 Å². The topological polar surface area (TPSA) is 43.1 Å². The average molecular weight is 171 g/mol. The first kappa shape index (κ1) is 6.60. The Bertz CT molecular complexity index is 627. The first-order valence-electron chi connectivity index (χ1n) is 3.96. The molecule has 3 aromatic rings. The number of nitrogens with zero attached hydrogens (tertiary/aromatic N) is 1. The fourth-order valence-electron chi connectivity index (χ4n) is 1.56. The van der Waals surface area contributed by atoms with Gasteiger partial charge in [-0.05, 0) is 12.1 Å². The van der Waals surface area contributed by atoms with Crippen LogP contribution in [0.2, 0.25) is 0 Å². The van der Waals surface area contributed by atoms with E-state index in [1.54, 1.807) is 18.3 Å². The van der Waals surface area contributed by atoms with E-state index in [2.05, 4.69) is 4.98 Å². The van der Waals surface area contributed by atoms with E-state index in [9.17, 15) is 4.79 Å². The van der Waals surface area contributed by atoms with Crippen molar-refractivity contribution in [1.82, 2.24) is 4.98 Å². The van der Waals surface area contributed by atoms with Gasteiger partial charge in [0.1, 0.15) is 5.52 Å². The van der Waals surface area contributed by atoms with Crippen LogP contribution in [-0.4, -0.2) is 4.98 Å². The van der Waals surface area contributed by atoms with Gasteiger partial charge < -0.3 is 4.42 Å². The zero-order valence-corrected chi connectivity index (χ0v) is 6.65. The van der Waals surface area contributed by atoms with E-state index in [-0.39, 0.29) is 5.63 Å². The van der Waals surface area contributed by atoms with Crippen LogP contribution in [0.4, 0.5) is 0 Å². The largest absolute Gasteiger partial charge is 0.421 e. The molecule has 1 aromatic carbocycles. The summed E-state index contributed by atoms with van der Waals surface area (Å²) >= 11 is 0. The maximum Gasteiger partial charge on any atom is 0.344 e. The van der Waals surface area contributed by atoms with E-state index in [1.165, 1.54) is 0 Å². The highest BCUT2D eigenvalue weighted by Gasteiger charge is 2.07. The summed E-state index contributed by atoms with van der Waals surface area (Å²) in [6.07, 6.45) is 1.63. The van der Waals surface area contributed by atoms with Gasteiger partial charge in [0, 0.05) is 11.6 Å².